The second kappa shape index (κ2) is 14.2. The minimum Gasteiger partial charge on any atom is -0.380 e. The third-order valence-corrected chi connectivity index (χ3v) is 9.32. The number of nitrogens with two attached hydrogens (primary N) is 1. The lowest BCUT2D eigenvalue weighted by molar-refractivity contribution is 0.192. The standard InChI is InChI=1S/C11H12BrN3O3S.C7H4BrClN2O2S.C4H9NO.ClH/c12-8-1-2-10-13-5-11(15(10)6-8)19(16,17)14-9-3-4-18-7-9;8-5-1-2-6-10-3-7(11(6)4-5)14(9,12)13;5-4-1-2-6-3-4;/h1-2,5-6,9,14H,3-4,7H2;1-4H;4H,1-3,5H2;1H. The molecule has 40 heavy (non-hydrogen) atoms. The fourth-order valence-electron chi connectivity index (χ4n) is 3.70. The summed E-state index contributed by atoms with van der Waals surface area (Å²) in [7, 11) is -2.12. The summed E-state index contributed by atoms with van der Waals surface area (Å²) < 4.78 is 64.1. The number of fused-ring (bicyclic) bond motifs is 2. The van der Waals surface area contributed by atoms with E-state index in [1.807, 2.05) is 6.07 Å². The smallest absolute Gasteiger partial charge is 0.278 e. The summed E-state index contributed by atoms with van der Waals surface area (Å²) >= 11 is 6.55. The fourth-order valence-corrected chi connectivity index (χ4v) is 6.62. The van der Waals surface area contributed by atoms with Crippen LogP contribution >= 0.6 is 54.9 Å². The van der Waals surface area contributed by atoms with Crippen molar-refractivity contribution in [3.05, 3.63) is 58.0 Å². The molecule has 0 bridgehead atoms. The van der Waals surface area contributed by atoms with E-state index in [0.717, 1.165) is 28.6 Å². The zero-order chi connectivity index (χ0) is 28.2. The van der Waals surface area contributed by atoms with Crippen LogP contribution in [-0.2, 0) is 28.5 Å². The maximum atomic E-state index is 12.3. The van der Waals surface area contributed by atoms with Crippen molar-refractivity contribution in [2.45, 2.75) is 35.0 Å². The normalized spacial score (nSPS) is 19.0. The molecule has 4 aromatic heterocycles. The van der Waals surface area contributed by atoms with Gasteiger partial charge in [0, 0.05) is 57.3 Å². The largest absolute Gasteiger partial charge is 0.380 e. The minimum absolute atomic E-state index is 0. The van der Waals surface area contributed by atoms with Gasteiger partial charge in [-0.25, -0.2) is 31.5 Å². The van der Waals surface area contributed by atoms with E-state index >= 15 is 0 Å². The van der Waals surface area contributed by atoms with Crippen LogP contribution in [0.1, 0.15) is 12.8 Å². The monoisotopic (exact) mass is 762 g/mol. The van der Waals surface area contributed by atoms with Crippen molar-refractivity contribution in [2.75, 3.05) is 26.4 Å². The number of halogens is 4. The summed E-state index contributed by atoms with van der Waals surface area (Å²) in [5.74, 6) is 0. The highest BCUT2D eigenvalue weighted by molar-refractivity contribution is 9.10. The van der Waals surface area contributed by atoms with Gasteiger partial charge in [-0.3, -0.25) is 8.80 Å². The van der Waals surface area contributed by atoms with Gasteiger partial charge in [-0.15, -0.1) is 12.4 Å². The number of nitrogens with zero attached hydrogens (tertiary/aromatic N) is 4. The van der Waals surface area contributed by atoms with Gasteiger partial charge in [0.25, 0.3) is 19.1 Å². The van der Waals surface area contributed by atoms with Crippen LogP contribution < -0.4 is 10.5 Å². The number of aromatic nitrogens is 4. The molecule has 2 unspecified atom stereocenters. The third kappa shape index (κ3) is 8.59. The molecule has 220 valence electrons. The molecule has 12 nitrogen and oxygen atoms in total. The molecule has 18 heteroatoms. The van der Waals surface area contributed by atoms with Crippen LogP contribution in [0.5, 0.6) is 0 Å². The highest BCUT2D eigenvalue weighted by atomic mass is 79.9. The third-order valence-electron chi connectivity index (χ3n) is 5.61. The van der Waals surface area contributed by atoms with Crippen LogP contribution in [-0.4, -0.2) is 74.1 Å². The number of sulfonamides is 1. The summed E-state index contributed by atoms with van der Waals surface area (Å²) in [6.07, 6.45) is 7.60. The summed E-state index contributed by atoms with van der Waals surface area (Å²) in [4.78, 5) is 8.00. The Morgan fingerprint density at radius 3 is 1.85 bits per heavy atom. The molecule has 4 aromatic rings. The second-order valence-corrected chi connectivity index (χ2v) is 14.6. The average molecular weight is 765 g/mol. The van der Waals surface area contributed by atoms with Gasteiger partial charge in [0.15, 0.2) is 10.1 Å². The van der Waals surface area contributed by atoms with Crippen molar-refractivity contribution in [1.29, 1.82) is 0 Å². The number of imidazole rings is 2. The van der Waals surface area contributed by atoms with E-state index < -0.39 is 19.1 Å². The number of hydrogen-bond acceptors (Lipinski definition) is 9. The lowest BCUT2D eigenvalue weighted by atomic mass is 10.3. The molecule has 6 heterocycles. The average Bonchev–Trinajstić information content (AvgIpc) is 3.66. The Labute approximate surface area is 258 Å². The van der Waals surface area contributed by atoms with Crippen molar-refractivity contribution in [2.24, 2.45) is 5.73 Å². The maximum Gasteiger partial charge on any atom is 0.278 e. The SMILES string of the molecule is Cl.NC1CCOC1.O=S(=O)(Cl)c1cnc2ccc(Br)cn12.O=S(=O)(NC1CCOC1)c1cnc2ccc(Br)cn12. The summed E-state index contributed by atoms with van der Waals surface area (Å²) in [6.45, 7) is 2.63. The van der Waals surface area contributed by atoms with E-state index in [2.05, 4.69) is 46.5 Å². The molecule has 0 saturated carbocycles. The number of nitrogens with one attached hydrogen (secondary N) is 1. The van der Waals surface area contributed by atoms with Gasteiger partial charge in [0.1, 0.15) is 11.3 Å². The van der Waals surface area contributed by atoms with E-state index in [-0.39, 0.29) is 28.5 Å². The quantitative estimate of drug-likeness (QED) is 0.298. The van der Waals surface area contributed by atoms with Crippen LogP contribution in [0, 0.1) is 0 Å². The molecule has 0 radical (unpaired) electrons. The van der Waals surface area contributed by atoms with E-state index in [9.17, 15) is 16.8 Å². The highest BCUT2D eigenvalue weighted by Gasteiger charge is 2.26. The van der Waals surface area contributed by atoms with E-state index in [1.54, 1.807) is 35.0 Å². The Hall–Kier alpha value is -1.34. The Bertz CT molecular complexity index is 1660. The minimum atomic E-state index is -3.75. The molecular formula is C22H26Br2Cl2N6O6S2. The first kappa shape index (κ1) is 33.2. The molecule has 0 amide bonds. The van der Waals surface area contributed by atoms with Gasteiger partial charge in [0.2, 0.25) is 0 Å². The van der Waals surface area contributed by atoms with Crippen LogP contribution in [0.2, 0.25) is 0 Å². The predicted molar refractivity (Wildman–Crippen MR) is 159 cm³/mol. The molecule has 2 atom stereocenters. The van der Waals surface area contributed by atoms with E-state index in [4.69, 9.17) is 25.9 Å². The van der Waals surface area contributed by atoms with Gasteiger partial charge in [-0.05, 0) is 69.0 Å². The van der Waals surface area contributed by atoms with Gasteiger partial charge >= 0.3 is 0 Å². The zero-order valence-corrected chi connectivity index (χ0v) is 27.1. The number of hydrogen-bond donors (Lipinski definition) is 2. The van der Waals surface area contributed by atoms with Gasteiger partial charge in [-0.1, -0.05) is 0 Å². The van der Waals surface area contributed by atoms with Crippen LogP contribution in [0.15, 0.2) is 68.1 Å². The number of rotatable bonds is 4. The van der Waals surface area contributed by atoms with Crippen molar-refractivity contribution in [3.63, 3.8) is 0 Å². The summed E-state index contributed by atoms with van der Waals surface area (Å²) in [5, 5.41) is 0.103. The molecular weight excluding hydrogens is 739 g/mol. The maximum absolute atomic E-state index is 12.3. The van der Waals surface area contributed by atoms with Gasteiger partial charge in [-0.2, -0.15) is 0 Å². The zero-order valence-electron chi connectivity index (χ0n) is 20.7. The number of pyridine rings is 2. The van der Waals surface area contributed by atoms with Crippen LogP contribution in [0.4, 0.5) is 0 Å². The predicted octanol–water partition coefficient (Wildman–Crippen LogP) is 3.34. The Morgan fingerprint density at radius 1 is 0.875 bits per heavy atom. The molecule has 0 aromatic carbocycles. The number of ether oxygens (including phenoxy) is 2. The molecule has 3 N–H and O–H groups in total. The lowest BCUT2D eigenvalue weighted by Crippen LogP contribution is -2.35. The van der Waals surface area contributed by atoms with Crippen LogP contribution in [0.25, 0.3) is 11.3 Å². The first-order valence-electron chi connectivity index (χ1n) is 11.6. The first-order chi connectivity index (χ1) is 18.4. The van der Waals surface area contributed by atoms with Gasteiger partial charge < -0.3 is 15.2 Å². The molecule has 0 spiro atoms. The van der Waals surface area contributed by atoms with Crippen molar-refractivity contribution in [1.82, 2.24) is 23.5 Å². The van der Waals surface area contributed by atoms with E-state index in [1.165, 1.54) is 16.8 Å². The molecule has 2 fully saturated rings. The Balaban J connectivity index is 0.000000184. The fraction of sp³-hybridized carbons (Fsp3) is 0.364. The van der Waals surface area contributed by atoms with Crippen molar-refractivity contribution in [3.8, 4) is 0 Å². The second-order valence-electron chi connectivity index (χ2n) is 8.59. The van der Waals surface area contributed by atoms with E-state index in [0.29, 0.717) is 37.0 Å². The molecule has 2 aliphatic heterocycles. The molecule has 2 aliphatic rings. The van der Waals surface area contributed by atoms with Crippen molar-refractivity contribution < 1.29 is 26.3 Å². The summed E-state index contributed by atoms with van der Waals surface area (Å²) in [6, 6.07) is 7.19. The first-order valence-corrected chi connectivity index (χ1v) is 17.0. The van der Waals surface area contributed by atoms with Crippen molar-refractivity contribution >= 4 is 85.3 Å². The lowest BCUT2D eigenvalue weighted by Gasteiger charge is -2.10. The van der Waals surface area contributed by atoms with Crippen LogP contribution in [0.3, 0.4) is 0 Å². The topological polar surface area (TPSA) is 159 Å². The molecule has 2 saturated heterocycles. The Morgan fingerprint density at radius 2 is 1.40 bits per heavy atom. The van der Waals surface area contributed by atoms with Gasteiger partial charge in [0.05, 0.1) is 25.6 Å². The highest BCUT2D eigenvalue weighted by Crippen LogP contribution is 2.20. The molecule has 6 rings (SSSR count). The molecule has 0 aliphatic carbocycles. The summed E-state index contributed by atoms with van der Waals surface area (Å²) in [5.41, 5.74) is 6.53. The Kier molecular flexibility index (Phi) is 11.8.